The Bertz CT molecular complexity index is 641. The molecule has 0 atom stereocenters. The summed E-state index contributed by atoms with van der Waals surface area (Å²) in [7, 11) is 0. The van der Waals surface area contributed by atoms with Crippen LogP contribution in [0.4, 0.5) is 0 Å². The first-order valence-electron chi connectivity index (χ1n) is 6.11. The van der Waals surface area contributed by atoms with Gasteiger partial charge in [-0.15, -0.1) is 0 Å². The number of ketones is 1. The predicted octanol–water partition coefficient (Wildman–Crippen LogP) is 4.96. The summed E-state index contributed by atoms with van der Waals surface area (Å²) in [5, 5.41) is 0. The van der Waals surface area contributed by atoms with Crippen LogP contribution in [0.25, 0.3) is 6.08 Å². The second-order valence-corrected chi connectivity index (χ2v) is 5.47. The van der Waals surface area contributed by atoms with E-state index in [4.69, 9.17) is 0 Å². The van der Waals surface area contributed by atoms with Gasteiger partial charge in [-0.3, -0.25) is 4.79 Å². The van der Waals surface area contributed by atoms with Crippen molar-refractivity contribution < 1.29 is 4.79 Å². The number of carbonyl (C=O) groups excluding carboxylic acids is 1. The van der Waals surface area contributed by atoms with E-state index in [1.165, 1.54) is 5.56 Å². The van der Waals surface area contributed by atoms with Crippen LogP contribution >= 0.6 is 15.9 Å². The maximum Gasteiger partial charge on any atom is 0.185 e. The van der Waals surface area contributed by atoms with Gasteiger partial charge in [-0.2, -0.15) is 0 Å². The number of halogens is 1. The van der Waals surface area contributed by atoms with Gasteiger partial charge in [0.15, 0.2) is 5.78 Å². The van der Waals surface area contributed by atoms with Crippen LogP contribution < -0.4 is 0 Å². The van der Waals surface area contributed by atoms with Crippen molar-refractivity contribution >= 4 is 27.8 Å². The molecule has 0 fully saturated rings. The molecule has 0 saturated carbocycles. The maximum absolute atomic E-state index is 12.1. The minimum atomic E-state index is 0.0306. The van der Waals surface area contributed by atoms with Crippen molar-refractivity contribution in [1.29, 1.82) is 0 Å². The van der Waals surface area contributed by atoms with Gasteiger partial charge in [0.25, 0.3) is 0 Å². The summed E-state index contributed by atoms with van der Waals surface area (Å²) in [5.41, 5.74) is 4.08. The first-order valence-corrected chi connectivity index (χ1v) is 6.91. The fraction of sp³-hybridized carbons (Fsp3) is 0.118. The summed E-state index contributed by atoms with van der Waals surface area (Å²) in [5.74, 6) is 0.0306. The van der Waals surface area contributed by atoms with Gasteiger partial charge in [0, 0.05) is 10.0 Å². The molecular weight excluding hydrogens is 300 g/mol. The van der Waals surface area contributed by atoms with Crippen molar-refractivity contribution in [2.45, 2.75) is 13.8 Å². The molecule has 19 heavy (non-hydrogen) atoms. The highest BCUT2D eigenvalue weighted by molar-refractivity contribution is 9.10. The highest BCUT2D eigenvalue weighted by Crippen LogP contribution is 2.14. The number of rotatable bonds is 3. The first kappa shape index (κ1) is 13.8. The molecule has 0 aromatic heterocycles. The summed E-state index contributed by atoms with van der Waals surface area (Å²) in [4.78, 5) is 12.1. The number of hydrogen-bond donors (Lipinski definition) is 0. The molecule has 2 rings (SSSR count). The SMILES string of the molecule is Cc1ccc(C(=O)C=Cc2cccc(Br)c2)cc1C. The molecule has 0 aliphatic carbocycles. The normalized spacial score (nSPS) is 10.9. The van der Waals surface area contributed by atoms with E-state index >= 15 is 0 Å². The third kappa shape index (κ3) is 3.65. The lowest BCUT2D eigenvalue weighted by Crippen LogP contribution is -1.95. The highest BCUT2D eigenvalue weighted by atomic mass is 79.9. The zero-order chi connectivity index (χ0) is 13.8. The quantitative estimate of drug-likeness (QED) is 0.578. The van der Waals surface area contributed by atoms with E-state index in [2.05, 4.69) is 15.9 Å². The van der Waals surface area contributed by atoms with Gasteiger partial charge in [-0.25, -0.2) is 0 Å². The number of benzene rings is 2. The van der Waals surface area contributed by atoms with E-state index in [-0.39, 0.29) is 5.78 Å². The molecule has 0 N–H and O–H groups in total. The van der Waals surface area contributed by atoms with Gasteiger partial charge < -0.3 is 0 Å². The average Bonchev–Trinajstić information content (AvgIpc) is 2.39. The lowest BCUT2D eigenvalue weighted by atomic mass is 10.0. The lowest BCUT2D eigenvalue weighted by molar-refractivity contribution is 0.104. The topological polar surface area (TPSA) is 17.1 Å². The van der Waals surface area contributed by atoms with E-state index in [1.807, 2.05) is 62.4 Å². The fourth-order valence-electron chi connectivity index (χ4n) is 1.77. The van der Waals surface area contributed by atoms with E-state index in [1.54, 1.807) is 6.08 Å². The molecule has 1 nitrogen and oxygen atoms in total. The Hall–Kier alpha value is -1.67. The predicted molar refractivity (Wildman–Crippen MR) is 83.4 cm³/mol. The van der Waals surface area contributed by atoms with Gasteiger partial charge in [0.1, 0.15) is 0 Å². The molecule has 0 saturated heterocycles. The highest BCUT2D eigenvalue weighted by Gasteiger charge is 2.03. The van der Waals surface area contributed by atoms with Gasteiger partial charge in [0.2, 0.25) is 0 Å². The van der Waals surface area contributed by atoms with E-state index in [0.29, 0.717) is 0 Å². The molecule has 0 aliphatic rings. The van der Waals surface area contributed by atoms with Crippen molar-refractivity contribution in [2.75, 3.05) is 0 Å². The Morgan fingerprint density at radius 2 is 1.84 bits per heavy atom. The fourth-order valence-corrected chi connectivity index (χ4v) is 2.19. The largest absolute Gasteiger partial charge is 0.289 e. The Balaban J connectivity index is 2.19. The van der Waals surface area contributed by atoms with Gasteiger partial charge >= 0.3 is 0 Å². The second kappa shape index (κ2) is 5.98. The third-order valence-electron chi connectivity index (χ3n) is 3.07. The average molecular weight is 315 g/mol. The Labute approximate surface area is 122 Å². The van der Waals surface area contributed by atoms with Crippen LogP contribution in [0, 0.1) is 13.8 Å². The number of carbonyl (C=O) groups is 1. The van der Waals surface area contributed by atoms with Crippen LogP contribution in [0.5, 0.6) is 0 Å². The third-order valence-corrected chi connectivity index (χ3v) is 3.56. The molecule has 0 radical (unpaired) electrons. The maximum atomic E-state index is 12.1. The van der Waals surface area contributed by atoms with Crippen molar-refractivity contribution in [1.82, 2.24) is 0 Å². The van der Waals surface area contributed by atoms with Crippen LogP contribution in [-0.2, 0) is 0 Å². The minimum Gasteiger partial charge on any atom is -0.289 e. The first-order chi connectivity index (χ1) is 9.06. The zero-order valence-electron chi connectivity index (χ0n) is 11.0. The summed E-state index contributed by atoms with van der Waals surface area (Å²) in [6, 6.07) is 13.6. The monoisotopic (exact) mass is 314 g/mol. The van der Waals surface area contributed by atoms with E-state index in [0.717, 1.165) is 21.2 Å². The molecule has 0 heterocycles. The molecule has 2 aromatic rings. The van der Waals surface area contributed by atoms with Gasteiger partial charge in [-0.1, -0.05) is 46.3 Å². The molecule has 2 aromatic carbocycles. The second-order valence-electron chi connectivity index (χ2n) is 4.55. The van der Waals surface area contributed by atoms with Crippen LogP contribution in [0.3, 0.4) is 0 Å². The smallest absolute Gasteiger partial charge is 0.185 e. The summed E-state index contributed by atoms with van der Waals surface area (Å²) in [6.07, 6.45) is 3.45. The summed E-state index contributed by atoms with van der Waals surface area (Å²) >= 11 is 3.41. The van der Waals surface area contributed by atoms with E-state index < -0.39 is 0 Å². The molecule has 96 valence electrons. The van der Waals surface area contributed by atoms with Crippen molar-refractivity contribution in [2.24, 2.45) is 0 Å². The molecule has 2 heteroatoms. The molecule has 0 unspecified atom stereocenters. The molecule has 0 bridgehead atoms. The standard InChI is InChI=1S/C17H15BrO/c1-12-6-8-15(10-13(12)2)17(19)9-7-14-4-3-5-16(18)11-14/h3-11H,1-2H3. The Morgan fingerprint density at radius 3 is 2.53 bits per heavy atom. The number of aryl methyl sites for hydroxylation is 2. The summed E-state index contributed by atoms with van der Waals surface area (Å²) in [6.45, 7) is 4.06. The number of allylic oxidation sites excluding steroid dienone is 1. The number of hydrogen-bond acceptors (Lipinski definition) is 1. The van der Waals surface area contributed by atoms with Crippen LogP contribution in [0.15, 0.2) is 53.0 Å². The Morgan fingerprint density at radius 1 is 1.05 bits per heavy atom. The van der Waals surface area contributed by atoms with Crippen molar-refractivity contribution in [3.63, 3.8) is 0 Å². The molecule has 0 spiro atoms. The van der Waals surface area contributed by atoms with Crippen LogP contribution in [0.2, 0.25) is 0 Å². The van der Waals surface area contributed by atoms with Crippen LogP contribution in [0.1, 0.15) is 27.0 Å². The molecule has 0 aliphatic heterocycles. The van der Waals surface area contributed by atoms with E-state index in [9.17, 15) is 4.79 Å². The molecule has 0 amide bonds. The lowest BCUT2D eigenvalue weighted by Gasteiger charge is -2.02. The van der Waals surface area contributed by atoms with Crippen molar-refractivity contribution in [3.8, 4) is 0 Å². The zero-order valence-corrected chi connectivity index (χ0v) is 12.6. The minimum absolute atomic E-state index is 0.0306. The van der Waals surface area contributed by atoms with Crippen LogP contribution in [-0.4, -0.2) is 5.78 Å². The van der Waals surface area contributed by atoms with Gasteiger partial charge in [0.05, 0.1) is 0 Å². The summed E-state index contributed by atoms with van der Waals surface area (Å²) < 4.78 is 1.01. The Kier molecular flexibility index (Phi) is 4.33. The van der Waals surface area contributed by atoms with Gasteiger partial charge in [-0.05, 0) is 54.8 Å². The molecular formula is C17H15BrO. The van der Waals surface area contributed by atoms with Crippen molar-refractivity contribution in [3.05, 3.63) is 75.3 Å².